The first kappa shape index (κ1) is 21.1. The van der Waals surface area contributed by atoms with Gasteiger partial charge in [0.25, 0.3) is 10.0 Å². The smallest absolute Gasteiger partial charge is 1.00 e. The van der Waals surface area contributed by atoms with Gasteiger partial charge in [0, 0.05) is 5.56 Å². The van der Waals surface area contributed by atoms with Gasteiger partial charge in [-0.2, -0.15) is 0 Å². The zero-order valence-electron chi connectivity index (χ0n) is 16.2. The molecule has 4 aromatic rings. The summed E-state index contributed by atoms with van der Waals surface area (Å²) in [6.07, 6.45) is 0. The summed E-state index contributed by atoms with van der Waals surface area (Å²) in [4.78, 5) is 20.2. The largest absolute Gasteiger partial charge is 1.00 e. The second-order valence-corrected chi connectivity index (χ2v) is 8.00. The van der Waals surface area contributed by atoms with Crippen molar-refractivity contribution in [3.8, 4) is 11.4 Å². The Morgan fingerprint density at radius 3 is 2.17 bits per heavy atom. The molecular formula is C19H13ClLiN3O4S. The second-order valence-electron chi connectivity index (χ2n) is 5.86. The first-order chi connectivity index (χ1) is 13.4. The maximum Gasteiger partial charge on any atom is 1.00 e. The third-order valence-corrected chi connectivity index (χ3v) is 6.11. The minimum absolute atomic E-state index is 0. The molecule has 2 heterocycles. The van der Waals surface area contributed by atoms with E-state index in [2.05, 4.69) is 9.97 Å². The van der Waals surface area contributed by atoms with Gasteiger partial charge in [0.1, 0.15) is 10.8 Å². The number of halogens is 1. The molecule has 0 aliphatic carbocycles. The van der Waals surface area contributed by atoms with Crippen molar-refractivity contribution in [1.29, 1.82) is 0 Å². The van der Waals surface area contributed by atoms with Crippen LogP contribution in [0.15, 0.2) is 71.6 Å². The molecule has 4 rings (SSSR count). The molecule has 1 N–H and O–H groups in total. The van der Waals surface area contributed by atoms with Crippen LogP contribution >= 0.6 is 11.6 Å². The van der Waals surface area contributed by atoms with Crippen LogP contribution in [0.5, 0.6) is 0 Å². The zero-order chi connectivity index (χ0) is 19.9. The molecule has 0 spiro atoms. The Morgan fingerprint density at radius 2 is 1.59 bits per heavy atom. The van der Waals surface area contributed by atoms with Crippen LogP contribution in [-0.4, -0.2) is 33.4 Å². The van der Waals surface area contributed by atoms with Gasteiger partial charge in [-0.1, -0.05) is 60.1 Å². The molecule has 2 aromatic heterocycles. The summed E-state index contributed by atoms with van der Waals surface area (Å²) in [5.41, 5.74) is 0.0494. The van der Waals surface area contributed by atoms with Gasteiger partial charge in [0.2, 0.25) is 0 Å². The van der Waals surface area contributed by atoms with Crippen molar-refractivity contribution in [2.24, 2.45) is 0 Å². The van der Waals surface area contributed by atoms with E-state index < -0.39 is 21.7 Å². The molecular weight excluding hydrogens is 409 g/mol. The Morgan fingerprint density at radius 1 is 1.00 bits per heavy atom. The first-order valence-electron chi connectivity index (χ1n) is 8.08. The normalized spacial score (nSPS) is 11.2. The monoisotopic (exact) mass is 421 g/mol. The standard InChI is InChI=1S/C19H12ClN3O4S.Li.H/c20-16-14-11-15(19(24)25)23(28(26,27)13-9-5-2-6-10-13)18(14)22-17(21-16)12-7-3-1-4-8-12;;/h1-11H,(H,24,25);;/q;+1;-1. The van der Waals surface area contributed by atoms with E-state index in [1.54, 1.807) is 42.5 Å². The van der Waals surface area contributed by atoms with Gasteiger partial charge in [-0.3, -0.25) is 0 Å². The van der Waals surface area contributed by atoms with Gasteiger partial charge in [-0.25, -0.2) is 27.2 Å². The second kappa shape index (κ2) is 8.01. The fraction of sp³-hybridized carbons (Fsp3) is 0. The molecule has 0 saturated carbocycles. The summed E-state index contributed by atoms with van der Waals surface area (Å²) < 4.78 is 27.1. The van der Waals surface area contributed by atoms with Crippen LogP contribution in [0.3, 0.4) is 0 Å². The minimum atomic E-state index is -4.23. The Balaban J connectivity index is 0.00000160. The van der Waals surface area contributed by atoms with Gasteiger partial charge in [0.15, 0.2) is 11.5 Å². The maximum atomic E-state index is 13.2. The predicted octanol–water partition coefficient (Wildman–Crippen LogP) is 0.803. The van der Waals surface area contributed by atoms with E-state index >= 15 is 0 Å². The maximum absolute atomic E-state index is 13.2. The average molecular weight is 422 g/mol. The SMILES string of the molecule is O=C(O)c1cc2c(Cl)nc(-c3ccccc3)nc2n1S(=O)(=O)c1ccccc1.[H-].[Li+]. The van der Waals surface area contributed by atoms with E-state index in [9.17, 15) is 18.3 Å². The van der Waals surface area contributed by atoms with Crippen molar-refractivity contribution in [3.05, 3.63) is 77.6 Å². The first-order valence-corrected chi connectivity index (χ1v) is 9.90. The number of hydrogen-bond acceptors (Lipinski definition) is 5. The van der Waals surface area contributed by atoms with Crippen LogP contribution in [0.25, 0.3) is 22.4 Å². The number of nitrogens with zero attached hydrogens (tertiary/aromatic N) is 3. The molecule has 0 radical (unpaired) electrons. The number of aromatic nitrogens is 3. The van der Waals surface area contributed by atoms with Gasteiger partial charge >= 0.3 is 24.8 Å². The van der Waals surface area contributed by atoms with Crippen LogP contribution in [0.1, 0.15) is 11.9 Å². The minimum Gasteiger partial charge on any atom is -1.00 e. The van der Waals surface area contributed by atoms with Gasteiger partial charge in [-0.05, 0) is 18.2 Å². The molecule has 2 aromatic carbocycles. The number of hydrogen-bond donors (Lipinski definition) is 1. The van der Waals surface area contributed by atoms with E-state index in [1.165, 1.54) is 12.1 Å². The fourth-order valence-corrected chi connectivity index (χ4v) is 4.51. The van der Waals surface area contributed by atoms with E-state index in [4.69, 9.17) is 11.6 Å². The molecule has 0 aliphatic rings. The molecule has 0 saturated heterocycles. The fourth-order valence-electron chi connectivity index (χ4n) is 2.83. The summed E-state index contributed by atoms with van der Waals surface area (Å²) in [7, 11) is -4.23. The Hall–Kier alpha value is -2.63. The topological polar surface area (TPSA) is 102 Å². The number of aromatic carboxylic acids is 1. The van der Waals surface area contributed by atoms with Crippen molar-refractivity contribution in [2.75, 3.05) is 0 Å². The van der Waals surface area contributed by atoms with E-state index in [1.807, 2.05) is 6.07 Å². The van der Waals surface area contributed by atoms with E-state index in [-0.39, 0.29) is 47.2 Å². The molecule has 0 bridgehead atoms. The molecule has 0 atom stereocenters. The molecule has 7 nitrogen and oxygen atoms in total. The Bertz CT molecular complexity index is 1320. The Labute approximate surface area is 184 Å². The van der Waals surface area contributed by atoms with Gasteiger partial charge in [-0.15, -0.1) is 0 Å². The van der Waals surface area contributed by atoms with Crippen LogP contribution in [0.4, 0.5) is 0 Å². The van der Waals surface area contributed by atoms with Crippen molar-refractivity contribution in [2.45, 2.75) is 4.90 Å². The average Bonchev–Trinajstić information content (AvgIpc) is 3.11. The van der Waals surface area contributed by atoms with Crippen molar-refractivity contribution < 1.29 is 38.6 Å². The molecule has 0 aliphatic heterocycles. The molecule has 0 unspecified atom stereocenters. The summed E-state index contributed by atoms with van der Waals surface area (Å²) in [5.74, 6) is -1.23. The number of rotatable bonds is 4. The van der Waals surface area contributed by atoms with Crippen LogP contribution < -0.4 is 18.9 Å². The molecule has 29 heavy (non-hydrogen) atoms. The van der Waals surface area contributed by atoms with Gasteiger partial charge < -0.3 is 6.53 Å². The number of carboxylic acid groups (broad SMARTS) is 1. The third-order valence-electron chi connectivity index (χ3n) is 4.10. The predicted molar refractivity (Wildman–Crippen MR) is 105 cm³/mol. The third kappa shape index (κ3) is 3.68. The van der Waals surface area contributed by atoms with Crippen LogP contribution in [0, 0.1) is 0 Å². The number of fused-ring (bicyclic) bond motifs is 1. The van der Waals surface area contributed by atoms with Crippen molar-refractivity contribution in [1.82, 2.24) is 13.9 Å². The van der Waals surface area contributed by atoms with E-state index in [0.717, 1.165) is 6.07 Å². The van der Waals surface area contributed by atoms with Gasteiger partial charge in [0.05, 0.1) is 10.3 Å². The van der Waals surface area contributed by atoms with Crippen LogP contribution in [0.2, 0.25) is 5.15 Å². The quantitative estimate of drug-likeness (QED) is 0.386. The van der Waals surface area contributed by atoms with Crippen molar-refractivity contribution >= 4 is 38.6 Å². The summed E-state index contributed by atoms with van der Waals surface area (Å²) >= 11 is 6.25. The zero-order valence-corrected chi connectivity index (χ0v) is 16.7. The Kier molecular flexibility index (Phi) is 5.82. The summed E-state index contributed by atoms with van der Waals surface area (Å²) in [5, 5.41) is 9.68. The molecule has 10 heteroatoms. The number of benzene rings is 2. The van der Waals surface area contributed by atoms with Crippen molar-refractivity contribution in [3.63, 3.8) is 0 Å². The summed E-state index contributed by atoms with van der Waals surface area (Å²) in [6, 6.07) is 17.6. The molecule has 142 valence electrons. The van der Waals surface area contributed by atoms with E-state index in [0.29, 0.717) is 9.54 Å². The number of carboxylic acids is 1. The molecule has 0 fully saturated rings. The molecule has 0 amide bonds. The number of carbonyl (C=O) groups is 1. The summed E-state index contributed by atoms with van der Waals surface area (Å²) in [6.45, 7) is 0. The van der Waals surface area contributed by atoms with Crippen LogP contribution in [-0.2, 0) is 10.0 Å².